The largest absolute Gasteiger partial charge is 0.353 e. The Morgan fingerprint density at radius 2 is 2.19 bits per heavy atom. The van der Waals surface area contributed by atoms with Gasteiger partial charge in [0.2, 0.25) is 5.91 Å². The number of hydrogen-bond donors (Lipinski definition) is 2. The Kier molecular flexibility index (Phi) is 4.89. The zero-order valence-electron chi connectivity index (χ0n) is 10.2. The first-order chi connectivity index (χ1) is 7.50. The van der Waals surface area contributed by atoms with Gasteiger partial charge in [0.1, 0.15) is 0 Å². The Morgan fingerprint density at radius 1 is 1.50 bits per heavy atom. The molecule has 90 valence electrons. The monoisotopic (exact) mass is 241 g/mol. The number of aromatic nitrogens is 1. The predicted octanol–water partition coefficient (Wildman–Crippen LogP) is 1.45. The van der Waals surface area contributed by atoms with E-state index in [9.17, 15) is 4.79 Å². The third-order valence-electron chi connectivity index (χ3n) is 2.24. The predicted molar refractivity (Wildman–Crippen MR) is 66.4 cm³/mol. The van der Waals surface area contributed by atoms with E-state index < -0.39 is 0 Å². The molecule has 1 heterocycles. The van der Waals surface area contributed by atoms with Gasteiger partial charge in [-0.15, -0.1) is 11.3 Å². The van der Waals surface area contributed by atoms with Crippen LogP contribution in [0.5, 0.6) is 0 Å². The Hall–Kier alpha value is -0.940. The van der Waals surface area contributed by atoms with E-state index in [1.165, 1.54) is 4.88 Å². The zero-order valence-corrected chi connectivity index (χ0v) is 11.0. The Bertz CT molecular complexity index is 349. The summed E-state index contributed by atoms with van der Waals surface area (Å²) in [5.74, 6) is 0.0390. The van der Waals surface area contributed by atoms with Gasteiger partial charge >= 0.3 is 0 Å². The van der Waals surface area contributed by atoms with Crippen molar-refractivity contribution >= 4 is 17.2 Å². The first kappa shape index (κ1) is 13.1. The normalized spacial score (nSPS) is 12.8. The molecule has 0 bridgehead atoms. The highest BCUT2D eigenvalue weighted by Crippen LogP contribution is 2.11. The van der Waals surface area contributed by atoms with Gasteiger partial charge in [0.15, 0.2) is 0 Å². The first-order valence-electron chi connectivity index (χ1n) is 5.43. The summed E-state index contributed by atoms with van der Waals surface area (Å²) in [6, 6.07) is 0.00536. The molecule has 0 radical (unpaired) electrons. The average molecular weight is 241 g/mol. The van der Waals surface area contributed by atoms with Gasteiger partial charge in [0.05, 0.1) is 17.2 Å². The minimum atomic E-state index is -0.177. The minimum absolute atomic E-state index is 0.0390. The van der Waals surface area contributed by atoms with Gasteiger partial charge in [-0.25, -0.2) is 4.98 Å². The van der Waals surface area contributed by atoms with Crippen molar-refractivity contribution in [3.63, 3.8) is 0 Å². The van der Waals surface area contributed by atoms with Crippen molar-refractivity contribution in [3.05, 3.63) is 16.1 Å². The van der Waals surface area contributed by atoms with Crippen LogP contribution in [-0.2, 0) is 11.3 Å². The average Bonchev–Trinajstić information content (AvgIpc) is 2.59. The summed E-state index contributed by atoms with van der Waals surface area (Å²) in [4.78, 5) is 17.0. The fourth-order valence-corrected chi connectivity index (χ4v) is 1.97. The number of nitrogens with one attached hydrogen (secondary N) is 2. The van der Waals surface area contributed by atoms with Crippen LogP contribution in [0.3, 0.4) is 0 Å². The molecule has 0 spiro atoms. The summed E-state index contributed by atoms with van der Waals surface area (Å²) >= 11 is 1.61. The molecular weight excluding hydrogens is 222 g/mol. The van der Waals surface area contributed by atoms with Gasteiger partial charge in [-0.3, -0.25) is 4.79 Å². The van der Waals surface area contributed by atoms with E-state index in [-0.39, 0.29) is 18.0 Å². The quantitative estimate of drug-likeness (QED) is 0.820. The van der Waals surface area contributed by atoms with Crippen molar-refractivity contribution in [2.24, 2.45) is 0 Å². The third-order valence-corrected chi connectivity index (χ3v) is 3.17. The highest BCUT2D eigenvalue weighted by molar-refractivity contribution is 7.09. The van der Waals surface area contributed by atoms with E-state index in [1.807, 2.05) is 33.2 Å². The topological polar surface area (TPSA) is 54.0 Å². The van der Waals surface area contributed by atoms with Crippen LogP contribution >= 0.6 is 11.3 Å². The highest BCUT2D eigenvalue weighted by atomic mass is 32.1. The van der Waals surface area contributed by atoms with E-state index in [2.05, 4.69) is 15.6 Å². The van der Waals surface area contributed by atoms with Crippen LogP contribution in [0.1, 0.15) is 31.3 Å². The van der Waals surface area contributed by atoms with Crippen molar-refractivity contribution in [1.29, 1.82) is 0 Å². The van der Waals surface area contributed by atoms with Gasteiger partial charge in [-0.2, -0.15) is 0 Å². The lowest BCUT2D eigenvalue weighted by molar-refractivity contribution is -0.123. The van der Waals surface area contributed by atoms with Gasteiger partial charge in [-0.05, 0) is 27.7 Å². The lowest BCUT2D eigenvalue weighted by Crippen LogP contribution is -2.44. The molecule has 0 saturated heterocycles. The summed E-state index contributed by atoms with van der Waals surface area (Å²) < 4.78 is 0. The maximum atomic E-state index is 11.6. The molecule has 0 aliphatic heterocycles. The molecule has 1 aromatic rings. The van der Waals surface area contributed by atoms with Crippen LogP contribution < -0.4 is 10.6 Å². The standard InChI is InChI=1S/C11H19N3OS/c1-7(2)14-11(15)9(4)12-5-10-8(3)13-6-16-10/h6-7,9,12H,5H2,1-4H3,(H,14,15). The Morgan fingerprint density at radius 3 is 2.69 bits per heavy atom. The van der Waals surface area contributed by atoms with E-state index >= 15 is 0 Å². The number of thiazole rings is 1. The summed E-state index contributed by atoms with van der Waals surface area (Å²) in [7, 11) is 0. The highest BCUT2D eigenvalue weighted by Gasteiger charge is 2.13. The van der Waals surface area contributed by atoms with Crippen molar-refractivity contribution in [3.8, 4) is 0 Å². The zero-order chi connectivity index (χ0) is 12.1. The number of aryl methyl sites for hydroxylation is 1. The van der Waals surface area contributed by atoms with Gasteiger partial charge < -0.3 is 10.6 Å². The lowest BCUT2D eigenvalue weighted by atomic mass is 10.2. The molecule has 1 rings (SSSR count). The number of rotatable bonds is 5. The van der Waals surface area contributed by atoms with Crippen LogP contribution in [0.25, 0.3) is 0 Å². The third kappa shape index (κ3) is 3.90. The van der Waals surface area contributed by atoms with E-state index in [4.69, 9.17) is 0 Å². The molecule has 1 aromatic heterocycles. The molecule has 1 amide bonds. The molecule has 4 nitrogen and oxygen atoms in total. The molecule has 1 atom stereocenters. The number of hydrogen-bond acceptors (Lipinski definition) is 4. The second-order valence-electron chi connectivity index (χ2n) is 4.13. The SMILES string of the molecule is Cc1ncsc1CNC(C)C(=O)NC(C)C. The molecule has 0 aliphatic rings. The fourth-order valence-electron chi connectivity index (χ4n) is 1.24. The Balaban J connectivity index is 2.38. The first-order valence-corrected chi connectivity index (χ1v) is 6.31. The van der Waals surface area contributed by atoms with Crippen molar-refractivity contribution in [2.75, 3.05) is 0 Å². The van der Waals surface area contributed by atoms with Crippen molar-refractivity contribution in [1.82, 2.24) is 15.6 Å². The second-order valence-corrected chi connectivity index (χ2v) is 5.07. The molecule has 2 N–H and O–H groups in total. The van der Waals surface area contributed by atoms with E-state index in [0.29, 0.717) is 6.54 Å². The molecule has 1 unspecified atom stereocenters. The Labute approximate surface area is 100 Å². The summed E-state index contributed by atoms with van der Waals surface area (Å²) in [5.41, 5.74) is 2.86. The molecule has 0 saturated carbocycles. The molecule has 16 heavy (non-hydrogen) atoms. The van der Waals surface area contributed by atoms with E-state index in [0.717, 1.165) is 5.69 Å². The van der Waals surface area contributed by atoms with Crippen molar-refractivity contribution in [2.45, 2.75) is 46.3 Å². The molecule has 0 aliphatic carbocycles. The summed E-state index contributed by atoms with van der Waals surface area (Å²) in [6.07, 6.45) is 0. The van der Waals surface area contributed by atoms with Crippen LogP contribution in [0, 0.1) is 6.92 Å². The van der Waals surface area contributed by atoms with E-state index in [1.54, 1.807) is 11.3 Å². The van der Waals surface area contributed by atoms with Crippen LogP contribution in [0.4, 0.5) is 0 Å². The summed E-state index contributed by atoms with van der Waals surface area (Å²) in [6.45, 7) is 8.46. The van der Waals surface area contributed by atoms with Gasteiger partial charge in [0.25, 0.3) is 0 Å². The maximum absolute atomic E-state index is 11.6. The van der Waals surface area contributed by atoms with Crippen LogP contribution in [-0.4, -0.2) is 23.0 Å². The maximum Gasteiger partial charge on any atom is 0.237 e. The number of carbonyl (C=O) groups excluding carboxylic acids is 1. The van der Waals surface area contributed by atoms with Crippen LogP contribution in [0.15, 0.2) is 5.51 Å². The van der Waals surface area contributed by atoms with Gasteiger partial charge in [0, 0.05) is 17.5 Å². The van der Waals surface area contributed by atoms with Crippen molar-refractivity contribution < 1.29 is 4.79 Å². The molecular formula is C11H19N3OS. The summed E-state index contributed by atoms with van der Waals surface area (Å²) in [5, 5.41) is 6.06. The number of nitrogens with zero attached hydrogens (tertiary/aromatic N) is 1. The minimum Gasteiger partial charge on any atom is -0.353 e. The smallest absolute Gasteiger partial charge is 0.237 e. The second kappa shape index (κ2) is 5.96. The number of amides is 1. The lowest BCUT2D eigenvalue weighted by Gasteiger charge is -2.15. The fraction of sp³-hybridized carbons (Fsp3) is 0.636. The van der Waals surface area contributed by atoms with Gasteiger partial charge in [-0.1, -0.05) is 0 Å². The number of carbonyl (C=O) groups is 1. The molecule has 0 fully saturated rings. The van der Waals surface area contributed by atoms with Crippen LogP contribution in [0.2, 0.25) is 0 Å². The molecule has 5 heteroatoms. The molecule has 0 aromatic carbocycles.